The minimum absolute atomic E-state index is 0.171. The van der Waals surface area contributed by atoms with Gasteiger partial charge in [0.05, 0.1) is 0 Å². The van der Waals surface area contributed by atoms with E-state index in [0.29, 0.717) is 19.5 Å². The number of carbonyl (C=O) groups is 3. The number of hydrogen-bond acceptors (Lipinski definition) is 4. The third kappa shape index (κ3) is 5.99. The molecular formula is C16H30N4O4. The van der Waals surface area contributed by atoms with Crippen molar-refractivity contribution in [2.45, 2.75) is 65.0 Å². The van der Waals surface area contributed by atoms with Crippen LogP contribution in [-0.2, 0) is 9.59 Å². The molecule has 0 radical (unpaired) electrons. The fourth-order valence-corrected chi connectivity index (χ4v) is 2.70. The van der Waals surface area contributed by atoms with Gasteiger partial charge in [-0.3, -0.25) is 14.8 Å². The van der Waals surface area contributed by atoms with Gasteiger partial charge in [0.25, 0.3) is 5.91 Å². The fourth-order valence-electron chi connectivity index (χ4n) is 2.70. The van der Waals surface area contributed by atoms with E-state index < -0.39 is 11.9 Å². The first-order valence-electron chi connectivity index (χ1n) is 8.50. The monoisotopic (exact) mass is 342 g/mol. The summed E-state index contributed by atoms with van der Waals surface area (Å²) in [6, 6.07) is -0.850. The highest BCUT2D eigenvalue weighted by Gasteiger charge is 2.37. The van der Waals surface area contributed by atoms with Gasteiger partial charge >= 0.3 is 6.03 Å². The van der Waals surface area contributed by atoms with E-state index in [2.05, 4.69) is 5.32 Å². The number of amides is 4. The zero-order valence-corrected chi connectivity index (χ0v) is 15.1. The zero-order valence-electron chi connectivity index (χ0n) is 15.1. The lowest BCUT2D eigenvalue weighted by Gasteiger charge is -2.32. The van der Waals surface area contributed by atoms with E-state index in [1.54, 1.807) is 5.48 Å². The van der Waals surface area contributed by atoms with Gasteiger partial charge in [0.2, 0.25) is 5.91 Å². The second kappa shape index (κ2) is 8.86. The summed E-state index contributed by atoms with van der Waals surface area (Å²) in [6.45, 7) is 8.35. The van der Waals surface area contributed by atoms with Crippen molar-refractivity contribution in [1.29, 1.82) is 0 Å². The lowest BCUT2D eigenvalue weighted by atomic mass is 10.1. The summed E-state index contributed by atoms with van der Waals surface area (Å²) in [6.07, 6.45) is 2.98. The predicted octanol–water partition coefficient (Wildman–Crippen LogP) is 1.09. The average Bonchev–Trinajstić information content (AvgIpc) is 2.98. The largest absolute Gasteiger partial charge is 0.350 e. The van der Waals surface area contributed by atoms with Crippen LogP contribution in [-0.4, -0.2) is 64.1 Å². The Hall–Kier alpha value is -1.83. The quantitative estimate of drug-likeness (QED) is 0.497. The fraction of sp³-hybridized carbons (Fsp3) is 0.812. The van der Waals surface area contributed by atoms with Gasteiger partial charge in [-0.2, -0.15) is 0 Å². The number of hydroxylamine groups is 1. The molecule has 1 heterocycles. The highest BCUT2D eigenvalue weighted by atomic mass is 16.5. The highest BCUT2D eigenvalue weighted by Crippen LogP contribution is 2.20. The molecule has 1 fully saturated rings. The Kier molecular flexibility index (Phi) is 7.47. The van der Waals surface area contributed by atoms with Gasteiger partial charge in [-0.15, -0.1) is 0 Å². The van der Waals surface area contributed by atoms with Gasteiger partial charge in [0.15, 0.2) is 0 Å². The van der Waals surface area contributed by atoms with E-state index in [0.717, 1.165) is 19.3 Å². The molecule has 3 N–H and O–H groups in total. The molecule has 1 unspecified atom stereocenters. The molecule has 8 heteroatoms. The van der Waals surface area contributed by atoms with E-state index in [4.69, 9.17) is 5.21 Å². The number of hydrogen-bond donors (Lipinski definition) is 3. The van der Waals surface area contributed by atoms with Gasteiger partial charge in [0.1, 0.15) is 12.6 Å². The number of carbonyl (C=O) groups excluding carboxylic acids is 3. The van der Waals surface area contributed by atoms with Crippen LogP contribution in [0.2, 0.25) is 0 Å². The second-order valence-electron chi connectivity index (χ2n) is 7.18. The highest BCUT2D eigenvalue weighted by molar-refractivity contribution is 5.89. The van der Waals surface area contributed by atoms with Crippen molar-refractivity contribution in [3.8, 4) is 0 Å². The summed E-state index contributed by atoms with van der Waals surface area (Å²) >= 11 is 0. The average molecular weight is 342 g/mol. The molecule has 138 valence electrons. The molecule has 4 amide bonds. The molecule has 0 aromatic rings. The summed E-state index contributed by atoms with van der Waals surface area (Å²) in [5.41, 5.74) is 1.18. The first kappa shape index (κ1) is 20.2. The number of nitrogens with one attached hydrogen (secondary N) is 2. The normalized spacial score (nSPS) is 17.5. The molecule has 1 rings (SSSR count). The molecule has 1 aliphatic rings. The molecule has 1 atom stereocenters. The van der Waals surface area contributed by atoms with Crippen LogP contribution in [0.15, 0.2) is 0 Å². The molecule has 0 aliphatic carbocycles. The summed E-state index contributed by atoms with van der Waals surface area (Å²) in [5.74, 6) is -0.815. The first-order valence-corrected chi connectivity index (χ1v) is 8.50. The van der Waals surface area contributed by atoms with Crippen LogP contribution in [0.3, 0.4) is 0 Å². The van der Waals surface area contributed by atoms with Crippen molar-refractivity contribution in [2.24, 2.45) is 0 Å². The lowest BCUT2D eigenvalue weighted by molar-refractivity contribution is -0.129. The Morgan fingerprint density at radius 2 is 1.96 bits per heavy atom. The van der Waals surface area contributed by atoms with Crippen molar-refractivity contribution in [2.75, 3.05) is 19.6 Å². The van der Waals surface area contributed by atoms with Gasteiger partial charge in [-0.05, 0) is 40.0 Å². The van der Waals surface area contributed by atoms with Crippen LogP contribution >= 0.6 is 0 Å². The van der Waals surface area contributed by atoms with Gasteiger partial charge < -0.3 is 15.1 Å². The topological polar surface area (TPSA) is 102 Å². The number of urea groups is 1. The third-order valence-corrected chi connectivity index (χ3v) is 3.81. The summed E-state index contributed by atoms with van der Waals surface area (Å²) < 4.78 is 0. The Bertz CT molecular complexity index is 461. The summed E-state index contributed by atoms with van der Waals surface area (Å²) in [7, 11) is 0. The Balaban J connectivity index is 2.82. The van der Waals surface area contributed by atoms with E-state index in [1.807, 2.05) is 27.7 Å². The smallest absolute Gasteiger partial charge is 0.321 e. The number of unbranched alkanes of at least 4 members (excludes halogenated alkanes) is 1. The van der Waals surface area contributed by atoms with Crippen molar-refractivity contribution in [3.63, 3.8) is 0 Å². The van der Waals surface area contributed by atoms with Crippen LogP contribution in [0.1, 0.15) is 53.4 Å². The van der Waals surface area contributed by atoms with Crippen LogP contribution in [0, 0.1) is 0 Å². The molecular weight excluding hydrogens is 312 g/mol. The van der Waals surface area contributed by atoms with Crippen molar-refractivity contribution in [3.05, 3.63) is 0 Å². The summed E-state index contributed by atoms with van der Waals surface area (Å²) in [5, 5.41) is 11.6. The van der Waals surface area contributed by atoms with E-state index in [1.165, 1.54) is 9.80 Å². The number of rotatable bonds is 6. The van der Waals surface area contributed by atoms with Crippen LogP contribution in [0.4, 0.5) is 4.79 Å². The molecule has 24 heavy (non-hydrogen) atoms. The van der Waals surface area contributed by atoms with Crippen LogP contribution < -0.4 is 10.8 Å². The molecule has 0 saturated carbocycles. The van der Waals surface area contributed by atoms with Crippen LogP contribution in [0.5, 0.6) is 0 Å². The lowest BCUT2D eigenvalue weighted by Crippen LogP contribution is -2.55. The third-order valence-electron chi connectivity index (χ3n) is 3.81. The molecule has 1 aliphatic heterocycles. The summed E-state index contributed by atoms with van der Waals surface area (Å²) in [4.78, 5) is 39.6. The molecule has 0 aromatic heterocycles. The second-order valence-corrected chi connectivity index (χ2v) is 7.18. The van der Waals surface area contributed by atoms with E-state index >= 15 is 0 Å². The maximum absolute atomic E-state index is 12.8. The number of likely N-dealkylation sites (tertiary alicyclic amines) is 1. The van der Waals surface area contributed by atoms with Gasteiger partial charge in [-0.1, -0.05) is 13.3 Å². The van der Waals surface area contributed by atoms with Gasteiger partial charge in [0, 0.05) is 18.6 Å². The molecule has 8 nitrogen and oxygen atoms in total. The SMILES string of the molecule is CCCCN(CC(=O)NO)C(=O)N1CCCC1C(=O)NC(C)(C)C. The van der Waals surface area contributed by atoms with Crippen LogP contribution in [0.25, 0.3) is 0 Å². The Labute approximate surface area is 143 Å². The maximum atomic E-state index is 12.8. The van der Waals surface area contributed by atoms with Crippen molar-refractivity contribution < 1.29 is 19.6 Å². The van der Waals surface area contributed by atoms with E-state index in [-0.39, 0.29) is 24.0 Å². The number of nitrogens with zero attached hydrogens (tertiary/aromatic N) is 2. The Morgan fingerprint density at radius 3 is 2.50 bits per heavy atom. The molecule has 0 spiro atoms. The van der Waals surface area contributed by atoms with E-state index in [9.17, 15) is 14.4 Å². The van der Waals surface area contributed by atoms with Crippen molar-refractivity contribution >= 4 is 17.8 Å². The standard InChI is InChI=1S/C16H30N4O4/c1-5-6-9-19(11-13(21)18-24)15(23)20-10-7-8-12(20)14(22)17-16(2,3)4/h12,24H,5-11H2,1-4H3,(H,17,22)(H,18,21). The zero-order chi connectivity index (χ0) is 18.3. The molecule has 0 bridgehead atoms. The Morgan fingerprint density at radius 1 is 1.29 bits per heavy atom. The minimum atomic E-state index is -0.644. The molecule has 0 aromatic carbocycles. The molecule has 1 saturated heterocycles. The minimum Gasteiger partial charge on any atom is -0.350 e. The van der Waals surface area contributed by atoms with Gasteiger partial charge in [-0.25, -0.2) is 10.3 Å². The first-order chi connectivity index (χ1) is 11.2. The predicted molar refractivity (Wildman–Crippen MR) is 89.4 cm³/mol. The maximum Gasteiger partial charge on any atom is 0.321 e. The van der Waals surface area contributed by atoms with Crippen molar-refractivity contribution in [1.82, 2.24) is 20.6 Å².